The highest BCUT2D eigenvalue weighted by atomic mass is 16.3. The van der Waals surface area contributed by atoms with Crippen LogP contribution in [0.4, 0.5) is 5.69 Å². The second-order valence-corrected chi connectivity index (χ2v) is 6.58. The first-order valence-corrected chi connectivity index (χ1v) is 8.09. The Morgan fingerprint density at radius 1 is 1.22 bits per heavy atom. The Kier molecular flexibility index (Phi) is 3.14. The molecule has 0 saturated carbocycles. The summed E-state index contributed by atoms with van der Waals surface area (Å²) < 4.78 is 0. The lowest BCUT2D eigenvalue weighted by Crippen LogP contribution is -2.65. The number of phenols is 2. The second-order valence-electron chi connectivity index (χ2n) is 6.58. The van der Waals surface area contributed by atoms with Crippen molar-refractivity contribution >= 4 is 16.6 Å². The maximum Gasteiger partial charge on any atom is 0.161 e. The van der Waals surface area contributed by atoms with Crippen LogP contribution < -0.4 is 5.32 Å². The lowest BCUT2D eigenvalue weighted by molar-refractivity contribution is -0.0730. The molecule has 122 valence electrons. The zero-order valence-corrected chi connectivity index (χ0v) is 13.1. The van der Waals surface area contributed by atoms with Gasteiger partial charge in [0.05, 0.1) is 11.2 Å². The summed E-state index contributed by atoms with van der Waals surface area (Å²) in [7, 11) is 0. The molecule has 0 unspecified atom stereocenters. The monoisotopic (exact) mass is 315 g/mol. The molecule has 6 heteroatoms. The minimum atomic E-state index is -0.950. The zero-order chi connectivity index (χ0) is 16.2. The highest BCUT2D eigenvalue weighted by molar-refractivity contribution is 5.96. The molecule has 1 fully saturated rings. The molecule has 1 aliphatic heterocycles. The van der Waals surface area contributed by atoms with Gasteiger partial charge in [0, 0.05) is 30.2 Å². The molecule has 0 amide bonds. The SMILES string of the molecule is CCN1CC(O)(Nc2c3c(nc4cc(O)c(O)cc24)CCC3)C1. The van der Waals surface area contributed by atoms with Crippen LogP contribution in [0.15, 0.2) is 12.1 Å². The third-order valence-corrected chi connectivity index (χ3v) is 4.88. The van der Waals surface area contributed by atoms with Gasteiger partial charge in [0.25, 0.3) is 0 Å². The number of hydrogen-bond acceptors (Lipinski definition) is 6. The first kappa shape index (κ1) is 14.5. The minimum Gasteiger partial charge on any atom is -0.504 e. The zero-order valence-electron chi connectivity index (χ0n) is 13.1. The van der Waals surface area contributed by atoms with Crippen LogP contribution in [0.3, 0.4) is 0 Å². The number of nitrogens with zero attached hydrogens (tertiary/aromatic N) is 2. The third-order valence-electron chi connectivity index (χ3n) is 4.88. The summed E-state index contributed by atoms with van der Waals surface area (Å²) in [6, 6.07) is 3.01. The number of benzene rings is 1. The Labute approximate surface area is 134 Å². The van der Waals surface area contributed by atoms with Gasteiger partial charge in [-0.1, -0.05) is 6.92 Å². The molecule has 0 spiro atoms. The van der Waals surface area contributed by atoms with Gasteiger partial charge in [-0.2, -0.15) is 0 Å². The van der Waals surface area contributed by atoms with Crippen LogP contribution in [0.25, 0.3) is 10.9 Å². The number of pyridine rings is 1. The topological polar surface area (TPSA) is 88.9 Å². The van der Waals surface area contributed by atoms with Gasteiger partial charge in [-0.15, -0.1) is 0 Å². The van der Waals surface area contributed by atoms with E-state index in [1.54, 1.807) is 0 Å². The van der Waals surface area contributed by atoms with Crippen LogP contribution in [-0.2, 0) is 12.8 Å². The van der Waals surface area contributed by atoms with Gasteiger partial charge in [0.2, 0.25) is 0 Å². The van der Waals surface area contributed by atoms with Gasteiger partial charge in [0.1, 0.15) is 0 Å². The average molecular weight is 315 g/mol. The maximum absolute atomic E-state index is 10.7. The van der Waals surface area contributed by atoms with E-state index in [-0.39, 0.29) is 11.5 Å². The Morgan fingerprint density at radius 3 is 2.70 bits per heavy atom. The number of aromatic nitrogens is 1. The van der Waals surface area contributed by atoms with Crippen molar-refractivity contribution in [3.8, 4) is 11.5 Å². The van der Waals surface area contributed by atoms with E-state index in [0.717, 1.165) is 48.1 Å². The average Bonchev–Trinajstić information content (AvgIpc) is 2.94. The first-order chi connectivity index (χ1) is 11.0. The Bertz CT molecular complexity index is 784. The highest BCUT2D eigenvalue weighted by Gasteiger charge is 2.41. The van der Waals surface area contributed by atoms with Crippen molar-refractivity contribution in [1.29, 1.82) is 0 Å². The first-order valence-electron chi connectivity index (χ1n) is 8.09. The van der Waals surface area contributed by atoms with E-state index in [1.807, 2.05) is 0 Å². The number of anilines is 1. The number of rotatable bonds is 3. The molecular weight excluding hydrogens is 294 g/mol. The molecule has 0 atom stereocenters. The molecule has 0 radical (unpaired) electrons. The van der Waals surface area contributed by atoms with Crippen molar-refractivity contribution in [2.24, 2.45) is 0 Å². The number of likely N-dealkylation sites (tertiary alicyclic amines) is 1. The molecule has 2 aliphatic rings. The molecule has 4 rings (SSSR count). The van der Waals surface area contributed by atoms with E-state index in [1.165, 1.54) is 12.1 Å². The quantitative estimate of drug-likeness (QED) is 0.508. The van der Waals surface area contributed by atoms with Crippen molar-refractivity contribution in [3.05, 3.63) is 23.4 Å². The van der Waals surface area contributed by atoms with Crippen LogP contribution in [0.5, 0.6) is 11.5 Å². The van der Waals surface area contributed by atoms with Crippen LogP contribution >= 0.6 is 0 Å². The van der Waals surface area contributed by atoms with Crippen molar-refractivity contribution < 1.29 is 15.3 Å². The summed E-state index contributed by atoms with van der Waals surface area (Å²) in [6.07, 6.45) is 2.85. The smallest absolute Gasteiger partial charge is 0.161 e. The minimum absolute atomic E-state index is 0.170. The van der Waals surface area contributed by atoms with Gasteiger partial charge in [-0.3, -0.25) is 9.88 Å². The number of β-amino-alcohol motifs (C(OH)–C–C–N with tert-alkyl or cyclic N) is 1. The molecule has 0 bridgehead atoms. The standard InChI is InChI=1S/C17H21N3O3/c1-2-20-8-17(23,9-20)19-16-10-4-3-5-12(10)18-13-7-15(22)14(21)6-11(13)16/h6-7,21-23H,2-5,8-9H2,1H3,(H,18,19). The van der Waals surface area contributed by atoms with Crippen LogP contribution in [0, 0.1) is 0 Å². The van der Waals surface area contributed by atoms with Gasteiger partial charge in [-0.25, -0.2) is 0 Å². The van der Waals surface area contributed by atoms with E-state index < -0.39 is 5.72 Å². The third kappa shape index (κ3) is 2.29. The predicted molar refractivity (Wildman–Crippen MR) is 87.8 cm³/mol. The van der Waals surface area contributed by atoms with Gasteiger partial charge in [-0.05, 0) is 37.4 Å². The maximum atomic E-state index is 10.7. The number of phenolic OH excluding ortho intramolecular Hbond substituents is 2. The van der Waals surface area contributed by atoms with E-state index in [4.69, 9.17) is 0 Å². The van der Waals surface area contributed by atoms with E-state index in [2.05, 4.69) is 22.1 Å². The summed E-state index contributed by atoms with van der Waals surface area (Å²) in [5.41, 5.74) is 2.66. The normalized spacial score (nSPS) is 19.6. The summed E-state index contributed by atoms with van der Waals surface area (Å²) in [5.74, 6) is -0.343. The van der Waals surface area contributed by atoms with Gasteiger partial charge < -0.3 is 20.6 Å². The summed E-state index contributed by atoms with van der Waals surface area (Å²) in [6.45, 7) is 4.13. The van der Waals surface area contributed by atoms with Crippen molar-refractivity contribution in [1.82, 2.24) is 9.88 Å². The molecule has 1 aromatic heterocycles. The van der Waals surface area contributed by atoms with E-state index in [0.29, 0.717) is 18.6 Å². The molecule has 4 N–H and O–H groups in total. The van der Waals surface area contributed by atoms with Crippen LogP contribution in [0.1, 0.15) is 24.6 Å². The Balaban J connectivity index is 1.82. The summed E-state index contributed by atoms with van der Waals surface area (Å²) in [5, 5.41) is 34.3. The molecule has 1 aromatic carbocycles. The fourth-order valence-corrected chi connectivity index (χ4v) is 3.66. The molecule has 2 heterocycles. The number of hydrogen-bond donors (Lipinski definition) is 4. The van der Waals surface area contributed by atoms with Crippen LogP contribution in [0.2, 0.25) is 0 Å². The lowest BCUT2D eigenvalue weighted by atomic mass is 10.0. The lowest BCUT2D eigenvalue weighted by Gasteiger charge is -2.47. The molecule has 2 aromatic rings. The second kappa shape index (κ2) is 4.97. The summed E-state index contributed by atoms with van der Waals surface area (Å²) >= 11 is 0. The fourth-order valence-electron chi connectivity index (χ4n) is 3.66. The van der Waals surface area contributed by atoms with Crippen molar-refractivity contribution in [3.63, 3.8) is 0 Å². The Hall–Kier alpha value is -2.05. The molecule has 23 heavy (non-hydrogen) atoms. The molecular formula is C17H21N3O3. The predicted octanol–water partition coefficient (Wildman–Crippen LogP) is 1.57. The van der Waals surface area contributed by atoms with Crippen molar-refractivity contribution in [2.45, 2.75) is 31.9 Å². The Morgan fingerprint density at radius 2 is 1.96 bits per heavy atom. The number of fused-ring (bicyclic) bond motifs is 2. The van der Waals surface area contributed by atoms with Crippen molar-refractivity contribution in [2.75, 3.05) is 25.0 Å². The molecule has 1 saturated heterocycles. The highest BCUT2D eigenvalue weighted by Crippen LogP contribution is 2.40. The number of aliphatic hydroxyl groups is 1. The van der Waals surface area contributed by atoms with Gasteiger partial charge in [0.15, 0.2) is 17.2 Å². The van der Waals surface area contributed by atoms with E-state index >= 15 is 0 Å². The number of nitrogens with one attached hydrogen (secondary N) is 1. The fraction of sp³-hybridized carbons (Fsp3) is 0.471. The molecule has 6 nitrogen and oxygen atoms in total. The largest absolute Gasteiger partial charge is 0.504 e. The number of aromatic hydroxyl groups is 2. The van der Waals surface area contributed by atoms with Gasteiger partial charge >= 0.3 is 0 Å². The molecule has 1 aliphatic carbocycles. The summed E-state index contributed by atoms with van der Waals surface area (Å²) in [4.78, 5) is 6.77. The van der Waals surface area contributed by atoms with E-state index in [9.17, 15) is 15.3 Å². The van der Waals surface area contributed by atoms with Crippen LogP contribution in [-0.4, -0.2) is 50.6 Å². The number of likely N-dealkylation sites (N-methyl/N-ethyl adjacent to an activating group) is 1. The number of aryl methyl sites for hydroxylation is 1.